The average molecular weight is 294 g/mol. The zero-order valence-electron chi connectivity index (χ0n) is 11.4. The fourth-order valence-corrected chi connectivity index (χ4v) is 3.15. The molecule has 1 aliphatic rings. The topological polar surface area (TPSA) is 26.3 Å². The third-order valence-corrected chi connectivity index (χ3v) is 4.22. The van der Waals surface area contributed by atoms with Gasteiger partial charge in [-0.05, 0) is 35.9 Å². The quantitative estimate of drug-likeness (QED) is 0.610. The van der Waals surface area contributed by atoms with E-state index in [0.717, 1.165) is 26.7 Å². The van der Waals surface area contributed by atoms with E-state index in [-0.39, 0.29) is 5.78 Å². The number of fused-ring (bicyclic) bond motifs is 1. The van der Waals surface area contributed by atoms with Crippen molar-refractivity contribution in [2.24, 2.45) is 0 Å². The summed E-state index contributed by atoms with van der Waals surface area (Å²) in [7, 11) is 0. The molecule has 0 N–H and O–H groups in total. The Bertz CT molecular complexity index is 714. The van der Waals surface area contributed by atoms with Gasteiger partial charge in [0.15, 0.2) is 0 Å². The molecule has 1 heterocycles. The smallest absolute Gasteiger partial charge is 0.200 e. The average Bonchev–Trinajstić information content (AvgIpc) is 2.83. The lowest BCUT2D eigenvalue weighted by Crippen LogP contribution is -1.94. The van der Waals surface area contributed by atoms with E-state index in [1.54, 1.807) is 6.08 Å². The first-order valence-electron chi connectivity index (χ1n) is 6.65. The third-order valence-electron chi connectivity index (χ3n) is 3.12. The summed E-state index contributed by atoms with van der Waals surface area (Å²) in [5, 5.41) is 0. The van der Waals surface area contributed by atoms with Crippen LogP contribution in [0, 0.1) is 0 Å². The van der Waals surface area contributed by atoms with Crippen LogP contribution >= 0.6 is 11.8 Å². The van der Waals surface area contributed by atoms with Crippen molar-refractivity contribution in [3.05, 3.63) is 77.2 Å². The maximum absolute atomic E-state index is 12.3. The van der Waals surface area contributed by atoms with Gasteiger partial charge in [0.05, 0.1) is 4.91 Å². The molecule has 2 nitrogen and oxygen atoms in total. The van der Waals surface area contributed by atoms with E-state index in [4.69, 9.17) is 4.74 Å². The Morgan fingerprint density at radius 1 is 1.10 bits per heavy atom. The second-order valence-corrected chi connectivity index (χ2v) is 5.69. The molecule has 0 fully saturated rings. The predicted octanol–water partition coefficient (Wildman–Crippen LogP) is 4.58. The van der Waals surface area contributed by atoms with Crippen molar-refractivity contribution < 1.29 is 9.53 Å². The van der Waals surface area contributed by atoms with Gasteiger partial charge in [0, 0.05) is 10.5 Å². The Kier molecular flexibility index (Phi) is 3.93. The van der Waals surface area contributed by atoms with Gasteiger partial charge in [0.1, 0.15) is 12.4 Å². The highest BCUT2D eigenvalue weighted by molar-refractivity contribution is 8.04. The third kappa shape index (κ3) is 2.93. The SMILES string of the molecule is C=CCOc1ccc(/C=C2/Sc3ccccc3C2=O)cc1. The second kappa shape index (κ2) is 6.02. The lowest BCUT2D eigenvalue weighted by atomic mass is 10.1. The molecule has 0 saturated carbocycles. The minimum absolute atomic E-state index is 0.0996. The molecule has 21 heavy (non-hydrogen) atoms. The van der Waals surface area contributed by atoms with Crippen LogP contribution in [0.25, 0.3) is 6.08 Å². The number of Topliss-reactive ketones (excluding diaryl/α,β-unsaturated/α-hetero) is 1. The highest BCUT2D eigenvalue weighted by atomic mass is 32.2. The zero-order valence-corrected chi connectivity index (χ0v) is 12.2. The van der Waals surface area contributed by atoms with Crippen LogP contribution in [0.4, 0.5) is 0 Å². The molecule has 1 aliphatic heterocycles. The van der Waals surface area contributed by atoms with Gasteiger partial charge in [0.25, 0.3) is 0 Å². The summed E-state index contributed by atoms with van der Waals surface area (Å²) >= 11 is 1.52. The lowest BCUT2D eigenvalue weighted by Gasteiger charge is -2.03. The van der Waals surface area contributed by atoms with E-state index in [9.17, 15) is 4.79 Å². The molecule has 2 aromatic carbocycles. The molecule has 0 unspecified atom stereocenters. The largest absolute Gasteiger partial charge is 0.490 e. The Labute approximate surface area is 128 Å². The first-order valence-corrected chi connectivity index (χ1v) is 7.46. The van der Waals surface area contributed by atoms with Crippen LogP contribution in [0.3, 0.4) is 0 Å². The molecule has 0 atom stereocenters. The normalized spacial score (nSPS) is 15.0. The molecule has 3 heteroatoms. The summed E-state index contributed by atoms with van der Waals surface area (Å²) in [6, 6.07) is 15.4. The van der Waals surface area contributed by atoms with E-state index in [2.05, 4.69) is 6.58 Å². The molecule has 0 aliphatic carbocycles. The molecule has 0 spiro atoms. The number of benzene rings is 2. The number of ketones is 1. The first kappa shape index (κ1) is 13.7. The number of hydrogen-bond donors (Lipinski definition) is 0. The fraction of sp³-hybridized carbons (Fsp3) is 0.0556. The summed E-state index contributed by atoms with van der Waals surface area (Å²) in [5.41, 5.74) is 1.78. The van der Waals surface area contributed by atoms with Crippen LogP contribution in [-0.4, -0.2) is 12.4 Å². The van der Waals surface area contributed by atoms with Crippen molar-refractivity contribution in [2.45, 2.75) is 4.90 Å². The molecule has 0 bridgehead atoms. The Balaban J connectivity index is 1.80. The lowest BCUT2D eigenvalue weighted by molar-refractivity contribution is 0.104. The number of rotatable bonds is 4. The maximum atomic E-state index is 12.3. The summed E-state index contributed by atoms with van der Waals surface area (Å²) in [4.78, 5) is 14.1. The Hall–Kier alpha value is -2.26. The molecule has 0 aromatic heterocycles. The summed E-state index contributed by atoms with van der Waals surface area (Å²) < 4.78 is 5.44. The van der Waals surface area contributed by atoms with Crippen molar-refractivity contribution in [2.75, 3.05) is 6.61 Å². The van der Waals surface area contributed by atoms with Crippen molar-refractivity contribution in [3.8, 4) is 5.75 Å². The van der Waals surface area contributed by atoms with Crippen molar-refractivity contribution >= 4 is 23.6 Å². The minimum atomic E-state index is 0.0996. The molecule has 104 valence electrons. The van der Waals surface area contributed by atoms with E-state index in [1.807, 2.05) is 54.6 Å². The molecule has 0 saturated heterocycles. The Morgan fingerprint density at radius 2 is 1.86 bits per heavy atom. The molecule has 0 radical (unpaired) electrons. The molecular weight excluding hydrogens is 280 g/mol. The van der Waals surface area contributed by atoms with E-state index in [1.165, 1.54) is 11.8 Å². The highest BCUT2D eigenvalue weighted by Crippen LogP contribution is 2.40. The van der Waals surface area contributed by atoms with Crippen LogP contribution < -0.4 is 4.74 Å². The summed E-state index contributed by atoms with van der Waals surface area (Å²) in [5.74, 6) is 0.897. The molecule has 0 amide bonds. The van der Waals surface area contributed by atoms with Crippen LogP contribution in [0.2, 0.25) is 0 Å². The molecular formula is C18H14O2S. The summed E-state index contributed by atoms with van der Waals surface area (Å²) in [6.45, 7) is 4.11. The minimum Gasteiger partial charge on any atom is -0.490 e. The van der Waals surface area contributed by atoms with E-state index >= 15 is 0 Å². The van der Waals surface area contributed by atoms with Gasteiger partial charge >= 0.3 is 0 Å². The standard InChI is InChI=1S/C18H14O2S/c1-2-11-20-14-9-7-13(8-10-14)12-17-18(19)15-5-3-4-6-16(15)21-17/h2-10,12H,1,11H2/b17-12+. The van der Waals surface area contributed by atoms with Gasteiger partial charge in [-0.15, -0.1) is 0 Å². The van der Waals surface area contributed by atoms with E-state index < -0.39 is 0 Å². The van der Waals surface area contributed by atoms with Gasteiger partial charge in [-0.3, -0.25) is 4.79 Å². The monoisotopic (exact) mass is 294 g/mol. The number of carbonyl (C=O) groups is 1. The van der Waals surface area contributed by atoms with Crippen molar-refractivity contribution in [1.29, 1.82) is 0 Å². The number of ether oxygens (including phenoxy) is 1. The second-order valence-electron chi connectivity index (χ2n) is 4.60. The van der Waals surface area contributed by atoms with Gasteiger partial charge in [0.2, 0.25) is 5.78 Å². The highest BCUT2D eigenvalue weighted by Gasteiger charge is 2.24. The van der Waals surface area contributed by atoms with Gasteiger partial charge in [-0.1, -0.05) is 48.7 Å². The first-order chi connectivity index (χ1) is 10.3. The van der Waals surface area contributed by atoms with E-state index in [0.29, 0.717) is 6.61 Å². The van der Waals surface area contributed by atoms with Gasteiger partial charge < -0.3 is 4.74 Å². The maximum Gasteiger partial charge on any atom is 0.200 e. The predicted molar refractivity (Wildman–Crippen MR) is 86.7 cm³/mol. The van der Waals surface area contributed by atoms with Crippen LogP contribution in [0.15, 0.2) is 71.0 Å². The van der Waals surface area contributed by atoms with Crippen molar-refractivity contribution in [1.82, 2.24) is 0 Å². The van der Waals surface area contributed by atoms with Crippen molar-refractivity contribution in [3.63, 3.8) is 0 Å². The van der Waals surface area contributed by atoms with Crippen LogP contribution in [0.5, 0.6) is 5.75 Å². The fourth-order valence-electron chi connectivity index (χ4n) is 2.10. The molecule has 3 rings (SSSR count). The van der Waals surface area contributed by atoms with Crippen LogP contribution in [-0.2, 0) is 0 Å². The summed E-state index contributed by atoms with van der Waals surface area (Å²) in [6.07, 6.45) is 3.63. The van der Waals surface area contributed by atoms with Gasteiger partial charge in [-0.2, -0.15) is 0 Å². The number of hydrogen-bond acceptors (Lipinski definition) is 3. The van der Waals surface area contributed by atoms with Gasteiger partial charge in [-0.25, -0.2) is 0 Å². The van der Waals surface area contributed by atoms with Crippen LogP contribution in [0.1, 0.15) is 15.9 Å². The zero-order chi connectivity index (χ0) is 14.7. The number of allylic oxidation sites excluding steroid dienone is 1. The Morgan fingerprint density at radius 3 is 2.57 bits per heavy atom. The molecule has 2 aromatic rings. The number of carbonyl (C=O) groups excluding carboxylic acids is 1. The number of thioether (sulfide) groups is 1.